The number of hydrogen-bond acceptors (Lipinski definition) is 4. The first kappa shape index (κ1) is 16.5. The van der Waals surface area contributed by atoms with Gasteiger partial charge in [-0.3, -0.25) is 19.4 Å². The first-order valence-electron chi connectivity index (χ1n) is 9.38. The lowest BCUT2D eigenvalue weighted by Crippen LogP contribution is -2.43. The minimum atomic E-state index is -0.349. The van der Waals surface area contributed by atoms with Crippen LogP contribution in [-0.2, 0) is 22.6 Å². The summed E-state index contributed by atoms with van der Waals surface area (Å²) in [4.78, 5) is 29.7. The van der Waals surface area contributed by atoms with Crippen LogP contribution in [-0.4, -0.2) is 41.8 Å². The zero-order valence-corrected chi connectivity index (χ0v) is 15.5. The van der Waals surface area contributed by atoms with Crippen molar-refractivity contribution in [2.24, 2.45) is 11.8 Å². The molecule has 5 heteroatoms. The molecule has 5 rings (SSSR count). The van der Waals surface area contributed by atoms with Crippen LogP contribution in [0.3, 0.4) is 0 Å². The average Bonchev–Trinajstić information content (AvgIpc) is 3.14. The van der Waals surface area contributed by atoms with Crippen LogP contribution >= 0.6 is 0 Å². The number of carbonyl (C=O) groups is 2. The Bertz CT molecular complexity index is 941. The molecular formula is C22H22N2O3. The number of fused-ring (bicyclic) bond motifs is 4. The van der Waals surface area contributed by atoms with E-state index in [4.69, 9.17) is 4.74 Å². The first-order valence-corrected chi connectivity index (χ1v) is 9.38. The van der Waals surface area contributed by atoms with Gasteiger partial charge in [0.25, 0.3) is 0 Å². The number of para-hydroxylation sites is 1. The van der Waals surface area contributed by atoms with Gasteiger partial charge in [-0.25, -0.2) is 0 Å². The number of benzene rings is 2. The first-order chi connectivity index (χ1) is 13.1. The Balaban J connectivity index is 1.67. The van der Waals surface area contributed by atoms with E-state index in [1.165, 1.54) is 16.0 Å². The minimum absolute atomic E-state index is 0.0428. The third-order valence-electron chi connectivity index (χ3n) is 6.51. The second-order valence-electron chi connectivity index (χ2n) is 7.69. The van der Waals surface area contributed by atoms with E-state index >= 15 is 0 Å². The number of likely N-dealkylation sites (tertiary alicyclic amines) is 1. The molecule has 0 aromatic heterocycles. The van der Waals surface area contributed by atoms with Gasteiger partial charge in [0.2, 0.25) is 11.8 Å². The summed E-state index contributed by atoms with van der Waals surface area (Å²) in [5.74, 6) is 0.0237. The van der Waals surface area contributed by atoms with Gasteiger partial charge in [-0.15, -0.1) is 0 Å². The van der Waals surface area contributed by atoms with Crippen molar-refractivity contribution >= 4 is 11.8 Å². The molecule has 2 aromatic carbocycles. The molecule has 2 amide bonds. The summed E-state index contributed by atoms with van der Waals surface area (Å²) >= 11 is 0. The second-order valence-corrected chi connectivity index (χ2v) is 7.69. The maximum atomic E-state index is 13.0. The molecule has 138 valence electrons. The molecule has 2 fully saturated rings. The van der Waals surface area contributed by atoms with Gasteiger partial charge in [-0.2, -0.15) is 0 Å². The number of imide groups is 1. The van der Waals surface area contributed by atoms with Gasteiger partial charge >= 0.3 is 0 Å². The van der Waals surface area contributed by atoms with Gasteiger partial charge in [0.1, 0.15) is 5.75 Å². The summed E-state index contributed by atoms with van der Waals surface area (Å²) < 4.78 is 5.61. The van der Waals surface area contributed by atoms with Crippen molar-refractivity contribution in [3.05, 3.63) is 65.2 Å². The Morgan fingerprint density at radius 3 is 2.37 bits per heavy atom. The minimum Gasteiger partial charge on any atom is -0.496 e. The summed E-state index contributed by atoms with van der Waals surface area (Å²) in [5.41, 5.74) is 3.56. The SMILES string of the molecule is COc1ccccc1C1C2C(=O)N(C)C(=O)C2C2Cc3ccccc3CN21. The molecule has 0 spiro atoms. The van der Waals surface area contributed by atoms with E-state index in [2.05, 4.69) is 23.1 Å². The molecule has 3 aliphatic heterocycles. The van der Waals surface area contributed by atoms with Crippen molar-refractivity contribution in [3.8, 4) is 5.75 Å². The number of nitrogens with zero attached hydrogens (tertiary/aromatic N) is 2. The Kier molecular flexibility index (Phi) is 3.62. The van der Waals surface area contributed by atoms with Gasteiger partial charge in [0.15, 0.2) is 0 Å². The fourth-order valence-electron chi connectivity index (χ4n) is 5.29. The zero-order valence-electron chi connectivity index (χ0n) is 15.5. The molecule has 5 nitrogen and oxygen atoms in total. The molecule has 3 aliphatic rings. The molecule has 0 bridgehead atoms. The van der Waals surface area contributed by atoms with Crippen molar-refractivity contribution in [2.75, 3.05) is 14.2 Å². The average molecular weight is 362 g/mol. The molecule has 0 N–H and O–H groups in total. The smallest absolute Gasteiger partial charge is 0.234 e. The lowest BCUT2D eigenvalue weighted by Gasteiger charge is -2.38. The van der Waals surface area contributed by atoms with Crippen LogP contribution in [0.4, 0.5) is 0 Å². The van der Waals surface area contributed by atoms with E-state index in [0.29, 0.717) is 0 Å². The quantitative estimate of drug-likeness (QED) is 0.770. The molecule has 4 unspecified atom stereocenters. The monoisotopic (exact) mass is 362 g/mol. The number of rotatable bonds is 2. The predicted octanol–water partition coefficient (Wildman–Crippen LogP) is 2.41. The fourth-order valence-corrected chi connectivity index (χ4v) is 5.29. The highest BCUT2D eigenvalue weighted by Gasteiger charge is 2.62. The topological polar surface area (TPSA) is 49.9 Å². The highest BCUT2D eigenvalue weighted by Crippen LogP contribution is 2.53. The molecule has 2 aromatic rings. The lowest BCUT2D eigenvalue weighted by atomic mass is 9.84. The largest absolute Gasteiger partial charge is 0.496 e. The molecular weight excluding hydrogens is 340 g/mol. The molecule has 0 aliphatic carbocycles. The Morgan fingerprint density at radius 2 is 1.59 bits per heavy atom. The van der Waals surface area contributed by atoms with Crippen LogP contribution in [0.1, 0.15) is 22.7 Å². The van der Waals surface area contributed by atoms with Crippen molar-refractivity contribution < 1.29 is 14.3 Å². The number of ether oxygens (including phenoxy) is 1. The Labute approximate surface area is 158 Å². The third-order valence-corrected chi connectivity index (χ3v) is 6.51. The normalized spacial score (nSPS) is 29.5. The second kappa shape index (κ2) is 5.92. The molecule has 4 atom stereocenters. The predicted molar refractivity (Wildman–Crippen MR) is 100.0 cm³/mol. The highest BCUT2D eigenvalue weighted by atomic mass is 16.5. The summed E-state index contributed by atoms with van der Waals surface area (Å²) in [6, 6.07) is 16.2. The molecule has 2 saturated heterocycles. The highest BCUT2D eigenvalue weighted by molar-refractivity contribution is 6.06. The van der Waals surface area contributed by atoms with Crippen molar-refractivity contribution in [1.29, 1.82) is 0 Å². The Hall–Kier alpha value is -2.66. The summed E-state index contributed by atoms with van der Waals surface area (Å²) in [6.45, 7) is 0.751. The van der Waals surface area contributed by atoms with E-state index in [-0.39, 0.29) is 35.7 Å². The van der Waals surface area contributed by atoms with E-state index < -0.39 is 0 Å². The summed E-state index contributed by atoms with van der Waals surface area (Å²) in [6.07, 6.45) is 0.801. The van der Waals surface area contributed by atoms with Gasteiger partial charge in [0, 0.05) is 25.2 Å². The maximum absolute atomic E-state index is 13.0. The van der Waals surface area contributed by atoms with Crippen LogP contribution in [0.2, 0.25) is 0 Å². The van der Waals surface area contributed by atoms with Crippen molar-refractivity contribution in [2.45, 2.75) is 25.0 Å². The Morgan fingerprint density at radius 1 is 0.926 bits per heavy atom. The molecule has 27 heavy (non-hydrogen) atoms. The van der Waals surface area contributed by atoms with Crippen LogP contribution in [0, 0.1) is 11.8 Å². The van der Waals surface area contributed by atoms with E-state index in [1.807, 2.05) is 30.3 Å². The van der Waals surface area contributed by atoms with Crippen LogP contribution < -0.4 is 4.74 Å². The number of carbonyl (C=O) groups excluding carboxylic acids is 2. The standard InChI is InChI=1S/C22H22N2O3/c1-23-21(25)18-16-11-13-7-3-4-8-14(13)12-24(16)20(19(18)22(23)26)15-9-5-6-10-17(15)27-2/h3-10,16,18-20H,11-12H2,1-2H3. The van der Waals surface area contributed by atoms with E-state index in [1.54, 1.807) is 14.2 Å². The number of hydrogen-bond donors (Lipinski definition) is 0. The van der Waals surface area contributed by atoms with Crippen LogP contribution in [0.25, 0.3) is 0 Å². The van der Waals surface area contributed by atoms with E-state index in [0.717, 1.165) is 24.3 Å². The van der Waals surface area contributed by atoms with Crippen LogP contribution in [0.15, 0.2) is 48.5 Å². The fraction of sp³-hybridized carbons (Fsp3) is 0.364. The summed E-state index contributed by atoms with van der Waals surface area (Å²) in [5, 5.41) is 0. The van der Waals surface area contributed by atoms with Crippen molar-refractivity contribution in [1.82, 2.24) is 9.80 Å². The maximum Gasteiger partial charge on any atom is 0.234 e. The van der Waals surface area contributed by atoms with Gasteiger partial charge < -0.3 is 4.74 Å². The summed E-state index contributed by atoms with van der Waals surface area (Å²) in [7, 11) is 3.27. The zero-order chi connectivity index (χ0) is 18.7. The lowest BCUT2D eigenvalue weighted by molar-refractivity contribution is -0.140. The van der Waals surface area contributed by atoms with Gasteiger partial charge in [0.05, 0.1) is 25.0 Å². The van der Waals surface area contributed by atoms with Crippen LogP contribution in [0.5, 0.6) is 5.75 Å². The number of amides is 2. The molecule has 0 radical (unpaired) electrons. The third kappa shape index (κ3) is 2.21. The molecule has 3 heterocycles. The van der Waals surface area contributed by atoms with E-state index in [9.17, 15) is 9.59 Å². The van der Waals surface area contributed by atoms with Gasteiger partial charge in [-0.05, 0) is 23.6 Å². The number of methoxy groups -OCH3 is 1. The van der Waals surface area contributed by atoms with Gasteiger partial charge in [-0.1, -0.05) is 42.5 Å². The van der Waals surface area contributed by atoms with Crippen molar-refractivity contribution in [3.63, 3.8) is 0 Å². The molecule has 0 saturated carbocycles.